The van der Waals surface area contributed by atoms with E-state index in [2.05, 4.69) is 24.3 Å². The number of nitrogens with zero attached hydrogens (tertiary/aromatic N) is 2. The van der Waals surface area contributed by atoms with Gasteiger partial charge in [0.2, 0.25) is 0 Å². The van der Waals surface area contributed by atoms with Crippen LogP contribution < -0.4 is 5.43 Å². The highest BCUT2D eigenvalue weighted by molar-refractivity contribution is 5.92. The summed E-state index contributed by atoms with van der Waals surface area (Å²) in [6.07, 6.45) is 2.22. The number of piperidine rings is 1. The molecule has 1 saturated heterocycles. The Bertz CT molecular complexity index is 788. The van der Waals surface area contributed by atoms with Gasteiger partial charge < -0.3 is 0 Å². The van der Waals surface area contributed by atoms with Crippen LogP contribution in [0.2, 0.25) is 0 Å². The molecule has 0 atom stereocenters. The maximum atomic E-state index is 13.8. The fourth-order valence-corrected chi connectivity index (χ4v) is 3.19. The van der Waals surface area contributed by atoms with Crippen molar-refractivity contribution in [3.05, 3.63) is 53.5 Å². The summed E-state index contributed by atoms with van der Waals surface area (Å²) in [7, 11) is 0. The molecule has 1 N–H and O–H groups in total. The average Bonchev–Trinajstić information content (AvgIpc) is 2.56. The van der Waals surface area contributed by atoms with Crippen molar-refractivity contribution in [3.8, 4) is 11.3 Å². The van der Waals surface area contributed by atoms with Crippen molar-refractivity contribution in [1.29, 1.82) is 0 Å². The van der Waals surface area contributed by atoms with Crippen LogP contribution in [-0.4, -0.2) is 29.0 Å². The molecular weight excluding hydrogens is 317 g/mol. The summed E-state index contributed by atoms with van der Waals surface area (Å²) in [6.45, 7) is 7.79. The molecule has 0 unspecified atom stereocenters. The van der Waals surface area contributed by atoms with Crippen molar-refractivity contribution < 1.29 is 9.18 Å². The van der Waals surface area contributed by atoms with Gasteiger partial charge in [-0.05, 0) is 48.9 Å². The first-order valence-electron chi connectivity index (χ1n) is 8.64. The van der Waals surface area contributed by atoms with E-state index >= 15 is 0 Å². The van der Waals surface area contributed by atoms with Crippen molar-refractivity contribution >= 4 is 5.91 Å². The lowest BCUT2D eigenvalue weighted by atomic mass is 9.85. The van der Waals surface area contributed by atoms with Gasteiger partial charge in [-0.15, -0.1) is 0 Å². The van der Waals surface area contributed by atoms with Crippen LogP contribution in [0, 0.1) is 18.2 Å². The molecule has 1 fully saturated rings. The molecule has 2 aromatic rings. The summed E-state index contributed by atoms with van der Waals surface area (Å²) in [6, 6.07) is 10.2. The number of hydrogen-bond donors (Lipinski definition) is 1. The van der Waals surface area contributed by atoms with Crippen molar-refractivity contribution in [3.63, 3.8) is 0 Å². The standard InChI is InChI=1S/C20H24FN3O/c1-14-8-9-15(12-16(14)21)17-6-4-7-18(22-17)19(25)23-24-11-5-10-20(2,3)13-24/h4,6-9,12H,5,10-11,13H2,1-3H3,(H,23,25). The zero-order valence-corrected chi connectivity index (χ0v) is 15.0. The Kier molecular flexibility index (Phi) is 4.86. The predicted molar refractivity (Wildman–Crippen MR) is 96.4 cm³/mol. The van der Waals surface area contributed by atoms with E-state index in [0.717, 1.165) is 25.9 Å². The summed E-state index contributed by atoms with van der Waals surface area (Å²) in [5.41, 5.74) is 5.32. The minimum absolute atomic E-state index is 0.195. The highest BCUT2D eigenvalue weighted by atomic mass is 19.1. The van der Waals surface area contributed by atoms with Gasteiger partial charge >= 0.3 is 0 Å². The second kappa shape index (κ2) is 6.92. The Morgan fingerprint density at radius 2 is 2.08 bits per heavy atom. The second-order valence-electron chi connectivity index (χ2n) is 7.50. The number of aromatic nitrogens is 1. The molecule has 5 heteroatoms. The maximum Gasteiger partial charge on any atom is 0.284 e. The molecule has 132 valence electrons. The van der Waals surface area contributed by atoms with Crippen LogP contribution in [0.3, 0.4) is 0 Å². The molecule has 0 radical (unpaired) electrons. The number of hydrazine groups is 1. The van der Waals surface area contributed by atoms with Crippen LogP contribution in [0.25, 0.3) is 11.3 Å². The van der Waals surface area contributed by atoms with Crippen LogP contribution in [0.1, 0.15) is 42.7 Å². The summed E-state index contributed by atoms with van der Waals surface area (Å²) in [4.78, 5) is 16.9. The summed E-state index contributed by atoms with van der Waals surface area (Å²) < 4.78 is 13.8. The Morgan fingerprint density at radius 1 is 1.28 bits per heavy atom. The zero-order chi connectivity index (χ0) is 18.0. The van der Waals surface area contributed by atoms with Gasteiger partial charge in [-0.1, -0.05) is 32.0 Å². The quantitative estimate of drug-likeness (QED) is 0.919. The number of hydrogen-bond acceptors (Lipinski definition) is 3. The molecule has 1 amide bonds. The minimum atomic E-state index is -0.273. The van der Waals surface area contributed by atoms with Crippen LogP contribution in [-0.2, 0) is 0 Å². The van der Waals surface area contributed by atoms with Crippen LogP contribution in [0.5, 0.6) is 0 Å². The third-order valence-corrected chi connectivity index (χ3v) is 4.61. The zero-order valence-electron chi connectivity index (χ0n) is 15.0. The number of pyridine rings is 1. The molecule has 1 aromatic heterocycles. The van der Waals surface area contributed by atoms with Crippen LogP contribution in [0.15, 0.2) is 36.4 Å². The SMILES string of the molecule is Cc1ccc(-c2cccc(C(=O)NN3CCCC(C)(C)C3)n2)cc1F. The summed E-state index contributed by atoms with van der Waals surface area (Å²) in [5, 5.41) is 1.96. The molecule has 0 spiro atoms. The van der Waals surface area contributed by atoms with Crippen molar-refractivity contribution in [2.75, 3.05) is 13.1 Å². The maximum absolute atomic E-state index is 13.8. The Balaban J connectivity index is 1.76. The monoisotopic (exact) mass is 341 g/mol. The van der Waals surface area contributed by atoms with E-state index in [-0.39, 0.29) is 17.1 Å². The number of amides is 1. The molecule has 25 heavy (non-hydrogen) atoms. The largest absolute Gasteiger partial charge is 0.284 e. The van der Waals surface area contributed by atoms with E-state index in [1.165, 1.54) is 6.07 Å². The first-order chi connectivity index (χ1) is 11.8. The van der Waals surface area contributed by atoms with Crippen LogP contribution in [0.4, 0.5) is 4.39 Å². The summed E-state index contributed by atoms with van der Waals surface area (Å²) >= 11 is 0. The third-order valence-electron chi connectivity index (χ3n) is 4.61. The number of rotatable bonds is 3. The highest BCUT2D eigenvalue weighted by Gasteiger charge is 2.27. The van der Waals surface area contributed by atoms with Gasteiger partial charge in [0.15, 0.2) is 0 Å². The van der Waals surface area contributed by atoms with Gasteiger partial charge in [-0.3, -0.25) is 10.2 Å². The molecule has 1 aliphatic heterocycles. The van der Waals surface area contributed by atoms with E-state index in [0.29, 0.717) is 22.5 Å². The number of carbonyl (C=O) groups excluding carboxylic acids is 1. The van der Waals surface area contributed by atoms with Gasteiger partial charge in [0.25, 0.3) is 5.91 Å². The molecule has 4 nitrogen and oxygen atoms in total. The number of carbonyl (C=O) groups is 1. The number of nitrogens with one attached hydrogen (secondary N) is 1. The number of benzene rings is 1. The molecule has 0 bridgehead atoms. The second-order valence-corrected chi connectivity index (χ2v) is 7.50. The summed E-state index contributed by atoms with van der Waals surface area (Å²) in [5.74, 6) is -0.503. The van der Waals surface area contributed by atoms with Crippen molar-refractivity contribution in [1.82, 2.24) is 15.4 Å². The van der Waals surface area contributed by atoms with E-state index in [4.69, 9.17) is 0 Å². The Hall–Kier alpha value is -2.27. The van der Waals surface area contributed by atoms with Gasteiger partial charge in [0.1, 0.15) is 11.5 Å². The minimum Gasteiger partial charge on any atom is -0.283 e. The lowest BCUT2D eigenvalue weighted by Gasteiger charge is -2.37. The van der Waals surface area contributed by atoms with Gasteiger partial charge in [-0.25, -0.2) is 14.4 Å². The smallest absolute Gasteiger partial charge is 0.283 e. The van der Waals surface area contributed by atoms with E-state index < -0.39 is 0 Å². The average molecular weight is 341 g/mol. The third kappa shape index (κ3) is 4.23. The lowest BCUT2D eigenvalue weighted by molar-refractivity contribution is 0.0527. The van der Waals surface area contributed by atoms with Crippen molar-refractivity contribution in [2.45, 2.75) is 33.6 Å². The number of halogens is 1. The van der Waals surface area contributed by atoms with Gasteiger partial charge in [-0.2, -0.15) is 0 Å². The first kappa shape index (κ1) is 17.5. The van der Waals surface area contributed by atoms with Crippen LogP contribution >= 0.6 is 0 Å². The number of aryl methyl sites for hydroxylation is 1. The molecule has 1 aromatic carbocycles. The molecule has 0 saturated carbocycles. The molecular formula is C20H24FN3O. The molecule has 0 aliphatic carbocycles. The molecule has 2 heterocycles. The van der Waals surface area contributed by atoms with Gasteiger partial charge in [0.05, 0.1) is 5.69 Å². The first-order valence-corrected chi connectivity index (χ1v) is 8.64. The predicted octanol–water partition coefficient (Wildman–Crippen LogP) is 3.96. The van der Waals surface area contributed by atoms with Gasteiger partial charge in [0, 0.05) is 18.7 Å². The van der Waals surface area contributed by atoms with Crippen molar-refractivity contribution in [2.24, 2.45) is 5.41 Å². The Labute approximate surface area is 148 Å². The van der Waals surface area contributed by atoms with E-state index in [9.17, 15) is 9.18 Å². The fraction of sp³-hybridized carbons (Fsp3) is 0.400. The molecule has 3 rings (SSSR count). The normalized spacial score (nSPS) is 17.3. The Morgan fingerprint density at radius 3 is 2.80 bits per heavy atom. The molecule has 1 aliphatic rings. The van der Waals surface area contributed by atoms with E-state index in [1.54, 1.807) is 31.2 Å². The highest BCUT2D eigenvalue weighted by Crippen LogP contribution is 2.27. The van der Waals surface area contributed by atoms with E-state index in [1.807, 2.05) is 11.1 Å². The topological polar surface area (TPSA) is 45.2 Å². The fourth-order valence-electron chi connectivity index (χ4n) is 3.19. The lowest BCUT2D eigenvalue weighted by Crippen LogP contribution is -2.50.